The summed E-state index contributed by atoms with van der Waals surface area (Å²) < 4.78 is 1.47. The lowest BCUT2D eigenvalue weighted by molar-refractivity contribution is 0.0949. The van der Waals surface area contributed by atoms with Gasteiger partial charge in [-0.2, -0.15) is 5.10 Å². The zero-order chi connectivity index (χ0) is 14.0. The second kappa shape index (κ2) is 4.80. The minimum Gasteiger partial charge on any atom is -0.384 e. The van der Waals surface area contributed by atoms with Crippen molar-refractivity contribution in [2.45, 2.75) is 6.54 Å². The Labute approximate surface area is 106 Å². The molecule has 2 aromatic rings. The van der Waals surface area contributed by atoms with Crippen LogP contribution < -0.4 is 22.3 Å². The smallest absolute Gasteiger partial charge is 0.325 e. The first kappa shape index (κ1) is 12.6. The molecule has 100 valence electrons. The Hall–Kier alpha value is -2.84. The highest BCUT2D eigenvalue weighted by Crippen LogP contribution is 2.08. The number of nitrogen functional groups attached to an aromatic ring is 1. The van der Waals surface area contributed by atoms with Crippen LogP contribution in [0.5, 0.6) is 0 Å². The van der Waals surface area contributed by atoms with Gasteiger partial charge in [0.25, 0.3) is 11.5 Å². The van der Waals surface area contributed by atoms with Crippen LogP contribution in [-0.2, 0) is 13.6 Å². The predicted octanol–water partition coefficient (Wildman–Crippen LogP) is -1.69. The minimum atomic E-state index is -0.750. The second-order valence-corrected chi connectivity index (χ2v) is 3.85. The summed E-state index contributed by atoms with van der Waals surface area (Å²) in [7, 11) is 1.67. The molecule has 0 aliphatic rings. The average molecular weight is 264 g/mol. The molecule has 0 aliphatic carbocycles. The Kier molecular flexibility index (Phi) is 3.19. The highest BCUT2D eigenvalue weighted by molar-refractivity contribution is 5.93. The molecule has 2 rings (SSSR count). The van der Waals surface area contributed by atoms with Gasteiger partial charge < -0.3 is 16.0 Å². The summed E-state index contributed by atoms with van der Waals surface area (Å²) in [5.74, 6) is -0.184. The summed E-state index contributed by atoms with van der Waals surface area (Å²) in [5.41, 5.74) is 4.75. The van der Waals surface area contributed by atoms with Crippen molar-refractivity contribution in [1.29, 1.82) is 0 Å². The van der Waals surface area contributed by atoms with E-state index in [1.807, 2.05) is 4.98 Å². The number of hydrogen-bond acceptors (Lipinski definition) is 5. The maximum atomic E-state index is 11.7. The lowest BCUT2D eigenvalue weighted by Gasteiger charge is -2.03. The van der Waals surface area contributed by atoms with Gasteiger partial charge >= 0.3 is 5.69 Å². The van der Waals surface area contributed by atoms with Gasteiger partial charge in [0, 0.05) is 25.4 Å². The highest BCUT2D eigenvalue weighted by Gasteiger charge is 2.12. The van der Waals surface area contributed by atoms with E-state index in [1.165, 1.54) is 10.9 Å². The maximum Gasteiger partial charge on any atom is 0.325 e. The Morgan fingerprint density at radius 2 is 2.26 bits per heavy atom. The van der Waals surface area contributed by atoms with Crippen LogP contribution in [-0.4, -0.2) is 25.7 Å². The molecule has 0 spiro atoms. The molecule has 0 bridgehead atoms. The molecule has 0 aromatic carbocycles. The Morgan fingerprint density at radius 1 is 1.53 bits per heavy atom. The summed E-state index contributed by atoms with van der Waals surface area (Å²) in [6.45, 7) is 0.136. The maximum absolute atomic E-state index is 11.7. The molecular formula is C10H12N6O3. The molecule has 0 fully saturated rings. The van der Waals surface area contributed by atoms with Crippen LogP contribution in [0.4, 0.5) is 5.82 Å². The number of hydrogen-bond donors (Lipinski definition) is 4. The van der Waals surface area contributed by atoms with Crippen molar-refractivity contribution in [1.82, 2.24) is 25.1 Å². The van der Waals surface area contributed by atoms with E-state index in [-0.39, 0.29) is 12.1 Å². The number of anilines is 1. The third-order valence-corrected chi connectivity index (χ3v) is 2.57. The van der Waals surface area contributed by atoms with E-state index in [0.717, 1.165) is 6.20 Å². The summed E-state index contributed by atoms with van der Waals surface area (Å²) >= 11 is 0. The molecule has 0 unspecified atom stereocenters. The molecule has 2 aromatic heterocycles. The molecule has 0 aliphatic heterocycles. The monoisotopic (exact) mass is 264 g/mol. The van der Waals surface area contributed by atoms with E-state index >= 15 is 0 Å². The van der Waals surface area contributed by atoms with Crippen molar-refractivity contribution in [3.05, 3.63) is 44.4 Å². The summed E-state index contributed by atoms with van der Waals surface area (Å²) in [5, 5.41) is 6.44. The zero-order valence-electron chi connectivity index (χ0n) is 10.1. The van der Waals surface area contributed by atoms with Crippen LogP contribution in [0.15, 0.2) is 22.0 Å². The molecule has 5 N–H and O–H groups in total. The fourth-order valence-electron chi connectivity index (χ4n) is 1.48. The second-order valence-electron chi connectivity index (χ2n) is 3.85. The quantitative estimate of drug-likeness (QED) is 0.524. The van der Waals surface area contributed by atoms with Crippen molar-refractivity contribution in [2.75, 3.05) is 5.73 Å². The molecule has 1 amide bonds. The molecule has 19 heavy (non-hydrogen) atoms. The fourth-order valence-corrected chi connectivity index (χ4v) is 1.48. The highest BCUT2D eigenvalue weighted by atomic mass is 16.2. The predicted molar refractivity (Wildman–Crippen MR) is 66.5 cm³/mol. The summed E-state index contributed by atoms with van der Waals surface area (Å²) in [6, 6.07) is 0. The lowest BCUT2D eigenvalue weighted by Crippen LogP contribution is -2.33. The van der Waals surface area contributed by atoms with E-state index < -0.39 is 17.2 Å². The number of H-pyrrole nitrogens is 2. The van der Waals surface area contributed by atoms with Crippen LogP contribution in [0.25, 0.3) is 0 Å². The Morgan fingerprint density at radius 3 is 2.84 bits per heavy atom. The van der Waals surface area contributed by atoms with Gasteiger partial charge in [-0.15, -0.1) is 0 Å². The Bertz CT molecular complexity index is 725. The van der Waals surface area contributed by atoms with Gasteiger partial charge in [-0.3, -0.25) is 19.3 Å². The number of rotatable bonds is 3. The number of amides is 1. The third kappa shape index (κ3) is 2.54. The minimum absolute atomic E-state index is 0.136. The molecular weight excluding hydrogens is 252 g/mol. The van der Waals surface area contributed by atoms with Gasteiger partial charge in [0.15, 0.2) is 0 Å². The van der Waals surface area contributed by atoms with Crippen molar-refractivity contribution < 1.29 is 4.79 Å². The average Bonchev–Trinajstić information content (AvgIpc) is 2.67. The van der Waals surface area contributed by atoms with Gasteiger partial charge in [-0.1, -0.05) is 0 Å². The first-order valence-electron chi connectivity index (χ1n) is 5.35. The van der Waals surface area contributed by atoms with Gasteiger partial charge in [0.1, 0.15) is 11.4 Å². The lowest BCUT2D eigenvalue weighted by atomic mass is 10.3. The summed E-state index contributed by atoms with van der Waals surface area (Å²) in [4.78, 5) is 38.1. The Balaban J connectivity index is 2.12. The molecule has 2 heterocycles. The normalized spacial score (nSPS) is 10.4. The van der Waals surface area contributed by atoms with Gasteiger partial charge in [-0.05, 0) is 0 Å². The fraction of sp³-hybridized carbons (Fsp3) is 0.200. The zero-order valence-corrected chi connectivity index (χ0v) is 10.1. The van der Waals surface area contributed by atoms with Crippen LogP contribution in [0, 0.1) is 0 Å². The number of aromatic nitrogens is 4. The first-order chi connectivity index (χ1) is 8.99. The third-order valence-electron chi connectivity index (χ3n) is 2.57. The summed E-state index contributed by atoms with van der Waals surface area (Å²) in [6.07, 6.45) is 2.58. The number of carbonyl (C=O) groups is 1. The molecule has 9 nitrogen and oxygen atoms in total. The van der Waals surface area contributed by atoms with Crippen molar-refractivity contribution in [3.63, 3.8) is 0 Å². The number of carbonyl (C=O) groups excluding carboxylic acids is 1. The van der Waals surface area contributed by atoms with E-state index in [9.17, 15) is 14.4 Å². The standard InChI is InChI=1S/C10H12N6O3/c1-16-7(11)5(3-14-16)2-12-8(17)6-4-13-10(19)15-9(6)18/h3-4H,2,11H2,1H3,(H,12,17)(H2,13,15,18,19). The van der Waals surface area contributed by atoms with Gasteiger partial charge in [0.2, 0.25) is 0 Å². The van der Waals surface area contributed by atoms with Gasteiger partial charge in [0.05, 0.1) is 6.20 Å². The molecule has 0 atom stereocenters. The molecule has 0 saturated carbocycles. The number of nitrogens with two attached hydrogens (primary N) is 1. The number of nitrogens with one attached hydrogen (secondary N) is 3. The first-order valence-corrected chi connectivity index (χ1v) is 5.35. The van der Waals surface area contributed by atoms with Crippen molar-refractivity contribution in [2.24, 2.45) is 7.05 Å². The van der Waals surface area contributed by atoms with E-state index in [0.29, 0.717) is 11.4 Å². The van der Waals surface area contributed by atoms with Gasteiger partial charge in [-0.25, -0.2) is 4.79 Å². The van der Waals surface area contributed by atoms with Crippen LogP contribution in [0.3, 0.4) is 0 Å². The van der Waals surface area contributed by atoms with E-state index in [1.54, 1.807) is 7.05 Å². The van der Waals surface area contributed by atoms with Crippen LogP contribution in [0.2, 0.25) is 0 Å². The number of nitrogens with zero attached hydrogens (tertiary/aromatic N) is 2. The van der Waals surface area contributed by atoms with Crippen LogP contribution >= 0.6 is 0 Å². The van der Waals surface area contributed by atoms with Crippen molar-refractivity contribution >= 4 is 11.7 Å². The van der Waals surface area contributed by atoms with E-state index in [4.69, 9.17) is 5.73 Å². The number of aromatic amines is 2. The largest absolute Gasteiger partial charge is 0.384 e. The van der Waals surface area contributed by atoms with E-state index in [2.05, 4.69) is 15.4 Å². The SMILES string of the molecule is Cn1ncc(CNC(=O)c2c[nH]c(=O)[nH]c2=O)c1N. The number of aryl methyl sites for hydroxylation is 1. The molecule has 0 radical (unpaired) electrons. The molecule has 9 heteroatoms. The topological polar surface area (TPSA) is 139 Å². The molecule has 0 saturated heterocycles. The van der Waals surface area contributed by atoms with Crippen LogP contribution in [0.1, 0.15) is 15.9 Å². The van der Waals surface area contributed by atoms with Crippen molar-refractivity contribution in [3.8, 4) is 0 Å².